The van der Waals surface area contributed by atoms with Crippen molar-refractivity contribution in [2.45, 2.75) is 0 Å². The molecule has 6 heteroatoms. The highest BCUT2D eigenvalue weighted by atomic mass is 19.1. The van der Waals surface area contributed by atoms with Gasteiger partial charge in [0, 0.05) is 24.4 Å². The van der Waals surface area contributed by atoms with E-state index in [0.29, 0.717) is 11.1 Å². The molecule has 1 amide bonds. The number of aromatic nitrogens is 1. The van der Waals surface area contributed by atoms with Crippen molar-refractivity contribution in [2.75, 3.05) is 18.5 Å². The van der Waals surface area contributed by atoms with Gasteiger partial charge in [0.1, 0.15) is 11.5 Å². The second-order valence-corrected chi connectivity index (χ2v) is 3.94. The molecule has 5 nitrogen and oxygen atoms in total. The second kappa shape index (κ2) is 4.93. The molecule has 98 valence electrons. The number of carbonyl (C=O) groups excluding carboxylic acids is 1. The van der Waals surface area contributed by atoms with Gasteiger partial charge in [0.2, 0.25) is 0 Å². The minimum Gasteiger partial charge on any atom is -0.397 e. The lowest BCUT2D eigenvalue weighted by Gasteiger charge is -2.11. The topological polar surface area (TPSA) is 94.0 Å². The molecule has 5 N–H and O–H groups in total. The minimum atomic E-state index is -0.525. The van der Waals surface area contributed by atoms with E-state index in [-0.39, 0.29) is 23.0 Å². The second-order valence-electron chi connectivity index (χ2n) is 3.94. The van der Waals surface area contributed by atoms with Crippen LogP contribution in [0.4, 0.5) is 15.8 Å². The highest BCUT2D eigenvalue weighted by molar-refractivity contribution is 5.99. The van der Waals surface area contributed by atoms with Crippen LogP contribution in [0.2, 0.25) is 0 Å². The first kappa shape index (κ1) is 12.8. The average molecular weight is 260 g/mol. The third-order valence-electron chi connectivity index (χ3n) is 2.71. The van der Waals surface area contributed by atoms with Crippen molar-refractivity contribution in [3.8, 4) is 11.3 Å². The van der Waals surface area contributed by atoms with Crippen LogP contribution >= 0.6 is 0 Å². The van der Waals surface area contributed by atoms with E-state index in [1.165, 1.54) is 37.5 Å². The molecule has 0 fully saturated rings. The molecule has 0 aliphatic rings. The fraction of sp³-hybridized carbons (Fsp3) is 0.0769. The summed E-state index contributed by atoms with van der Waals surface area (Å²) >= 11 is 0. The summed E-state index contributed by atoms with van der Waals surface area (Å²) in [7, 11) is 1.50. The summed E-state index contributed by atoms with van der Waals surface area (Å²) in [5.74, 6) is -0.855. The van der Waals surface area contributed by atoms with Gasteiger partial charge in [-0.15, -0.1) is 0 Å². The zero-order valence-electron chi connectivity index (χ0n) is 10.3. The van der Waals surface area contributed by atoms with Crippen LogP contribution in [-0.4, -0.2) is 17.9 Å². The van der Waals surface area contributed by atoms with E-state index in [1.54, 1.807) is 0 Å². The van der Waals surface area contributed by atoms with Crippen molar-refractivity contribution in [3.63, 3.8) is 0 Å². The Morgan fingerprint density at radius 3 is 2.74 bits per heavy atom. The van der Waals surface area contributed by atoms with Gasteiger partial charge in [-0.05, 0) is 24.3 Å². The van der Waals surface area contributed by atoms with Crippen LogP contribution in [0.3, 0.4) is 0 Å². The molecule has 0 atom stereocenters. The van der Waals surface area contributed by atoms with Gasteiger partial charge in [-0.3, -0.25) is 9.78 Å². The molecule has 0 unspecified atom stereocenters. The van der Waals surface area contributed by atoms with Gasteiger partial charge < -0.3 is 16.8 Å². The van der Waals surface area contributed by atoms with E-state index in [0.717, 1.165) is 0 Å². The SMILES string of the molecule is CNC(=O)c1cc(N)c(N)c(-c2ncccc2F)c1. The van der Waals surface area contributed by atoms with Crippen LogP contribution in [0.1, 0.15) is 10.4 Å². The van der Waals surface area contributed by atoms with Crippen LogP contribution in [-0.2, 0) is 0 Å². The Morgan fingerprint density at radius 1 is 1.37 bits per heavy atom. The third-order valence-corrected chi connectivity index (χ3v) is 2.71. The molecular weight excluding hydrogens is 247 g/mol. The quantitative estimate of drug-likeness (QED) is 0.711. The van der Waals surface area contributed by atoms with Crippen molar-refractivity contribution >= 4 is 17.3 Å². The zero-order valence-corrected chi connectivity index (χ0v) is 10.3. The summed E-state index contributed by atoms with van der Waals surface area (Å²) in [5, 5.41) is 2.47. The number of anilines is 2. The largest absolute Gasteiger partial charge is 0.397 e. The average Bonchev–Trinajstić information content (AvgIpc) is 2.41. The summed E-state index contributed by atoms with van der Waals surface area (Å²) in [5.41, 5.74) is 12.7. The Kier molecular flexibility index (Phi) is 3.33. The molecule has 0 radical (unpaired) electrons. The maximum absolute atomic E-state index is 13.7. The molecule has 0 saturated carbocycles. The predicted molar refractivity (Wildman–Crippen MR) is 71.8 cm³/mol. The van der Waals surface area contributed by atoms with Crippen molar-refractivity contribution in [1.82, 2.24) is 10.3 Å². The van der Waals surface area contributed by atoms with E-state index in [1.807, 2.05) is 0 Å². The molecule has 1 heterocycles. The van der Waals surface area contributed by atoms with Crippen molar-refractivity contribution in [1.29, 1.82) is 0 Å². The summed E-state index contributed by atoms with van der Waals surface area (Å²) < 4.78 is 13.7. The number of halogens is 1. The lowest BCUT2D eigenvalue weighted by Crippen LogP contribution is -2.18. The number of benzene rings is 1. The molecule has 19 heavy (non-hydrogen) atoms. The smallest absolute Gasteiger partial charge is 0.251 e. The fourth-order valence-corrected chi connectivity index (χ4v) is 1.73. The monoisotopic (exact) mass is 260 g/mol. The Balaban J connectivity index is 2.66. The number of pyridine rings is 1. The first-order valence-corrected chi connectivity index (χ1v) is 5.56. The molecule has 2 aromatic rings. The van der Waals surface area contributed by atoms with E-state index in [9.17, 15) is 9.18 Å². The molecule has 1 aromatic heterocycles. The maximum Gasteiger partial charge on any atom is 0.251 e. The number of nitrogens with one attached hydrogen (secondary N) is 1. The lowest BCUT2D eigenvalue weighted by molar-refractivity contribution is 0.0963. The lowest BCUT2D eigenvalue weighted by atomic mass is 10.0. The Bertz CT molecular complexity index is 643. The summed E-state index contributed by atoms with van der Waals surface area (Å²) in [6, 6.07) is 5.65. The number of nitrogen functional groups attached to an aromatic ring is 2. The van der Waals surface area contributed by atoms with Crippen LogP contribution in [0.5, 0.6) is 0 Å². The van der Waals surface area contributed by atoms with Crippen LogP contribution in [0.15, 0.2) is 30.5 Å². The van der Waals surface area contributed by atoms with Gasteiger partial charge in [-0.2, -0.15) is 0 Å². The molecule has 0 spiro atoms. The molecule has 0 bridgehead atoms. The first-order valence-electron chi connectivity index (χ1n) is 5.56. The van der Waals surface area contributed by atoms with Crippen LogP contribution in [0.25, 0.3) is 11.3 Å². The van der Waals surface area contributed by atoms with E-state index in [2.05, 4.69) is 10.3 Å². The number of nitrogens with zero attached hydrogens (tertiary/aromatic N) is 1. The number of hydrogen-bond acceptors (Lipinski definition) is 4. The molecular formula is C13H13FN4O. The standard InChI is InChI=1S/C13H13FN4O/c1-17-13(19)7-5-8(11(16)10(15)6-7)12-9(14)3-2-4-18-12/h2-6H,15-16H2,1H3,(H,17,19). The van der Waals surface area contributed by atoms with Gasteiger partial charge in [0.05, 0.1) is 11.4 Å². The highest BCUT2D eigenvalue weighted by Crippen LogP contribution is 2.31. The van der Waals surface area contributed by atoms with E-state index >= 15 is 0 Å². The summed E-state index contributed by atoms with van der Waals surface area (Å²) in [6.07, 6.45) is 1.45. The highest BCUT2D eigenvalue weighted by Gasteiger charge is 2.15. The van der Waals surface area contributed by atoms with Crippen molar-refractivity contribution < 1.29 is 9.18 Å². The minimum absolute atomic E-state index is 0.0671. The first-order chi connectivity index (χ1) is 9.04. The number of hydrogen-bond donors (Lipinski definition) is 3. The van der Waals surface area contributed by atoms with Gasteiger partial charge in [-0.1, -0.05) is 0 Å². The number of amides is 1. The van der Waals surface area contributed by atoms with Crippen molar-refractivity contribution in [2.24, 2.45) is 0 Å². The maximum atomic E-state index is 13.7. The van der Waals surface area contributed by atoms with Gasteiger partial charge in [0.15, 0.2) is 0 Å². The van der Waals surface area contributed by atoms with Gasteiger partial charge >= 0.3 is 0 Å². The summed E-state index contributed by atoms with van der Waals surface area (Å²) in [6.45, 7) is 0. The van der Waals surface area contributed by atoms with Crippen LogP contribution < -0.4 is 16.8 Å². The normalized spacial score (nSPS) is 10.2. The number of rotatable bonds is 2. The molecule has 0 saturated heterocycles. The van der Waals surface area contributed by atoms with E-state index < -0.39 is 5.82 Å². The van der Waals surface area contributed by atoms with Gasteiger partial charge in [-0.25, -0.2) is 4.39 Å². The summed E-state index contributed by atoms with van der Waals surface area (Å²) in [4.78, 5) is 15.6. The van der Waals surface area contributed by atoms with Crippen LogP contribution in [0, 0.1) is 5.82 Å². The molecule has 0 aliphatic heterocycles. The number of carbonyl (C=O) groups is 1. The Labute approximate surface area is 109 Å². The van der Waals surface area contributed by atoms with Crippen molar-refractivity contribution in [3.05, 3.63) is 41.8 Å². The Morgan fingerprint density at radius 2 is 2.11 bits per heavy atom. The third kappa shape index (κ3) is 2.33. The molecule has 1 aromatic carbocycles. The fourth-order valence-electron chi connectivity index (χ4n) is 1.73. The number of nitrogens with two attached hydrogens (primary N) is 2. The molecule has 2 rings (SSSR count). The Hall–Kier alpha value is -2.63. The predicted octanol–water partition coefficient (Wildman–Crippen LogP) is 1.41. The van der Waals surface area contributed by atoms with Gasteiger partial charge in [0.25, 0.3) is 5.91 Å². The van der Waals surface area contributed by atoms with E-state index in [4.69, 9.17) is 11.5 Å². The molecule has 0 aliphatic carbocycles. The zero-order chi connectivity index (χ0) is 14.0.